The van der Waals surface area contributed by atoms with Crippen molar-refractivity contribution in [3.8, 4) is 34.1 Å². The molecule has 11 heteroatoms. The van der Waals surface area contributed by atoms with E-state index in [9.17, 15) is 19.5 Å². The summed E-state index contributed by atoms with van der Waals surface area (Å²) >= 11 is 3.50. The summed E-state index contributed by atoms with van der Waals surface area (Å²) in [5, 5.41) is 13.5. The average Bonchev–Trinajstić information content (AvgIpc) is 2.91. The van der Waals surface area contributed by atoms with E-state index in [1.807, 2.05) is 0 Å². The number of ether oxygens (including phenoxy) is 4. The molecule has 0 aliphatic rings. The Morgan fingerprint density at radius 3 is 2.20 bits per heavy atom. The van der Waals surface area contributed by atoms with Gasteiger partial charge in [0, 0.05) is 16.9 Å². The van der Waals surface area contributed by atoms with Crippen LogP contribution in [0.5, 0.6) is 17.2 Å². The molecule has 41 heavy (non-hydrogen) atoms. The van der Waals surface area contributed by atoms with E-state index in [2.05, 4.69) is 21.2 Å². The number of hydrogen-bond donors (Lipinski definition) is 2. The highest BCUT2D eigenvalue weighted by molar-refractivity contribution is 9.10. The fourth-order valence-corrected chi connectivity index (χ4v) is 5.00. The smallest absolute Gasteiger partial charge is 0.412 e. The highest BCUT2D eigenvalue weighted by Gasteiger charge is 2.27. The Labute approximate surface area is 244 Å². The number of aromatic nitrogens is 1. The number of aromatic hydroxyl groups is 1. The maximum Gasteiger partial charge on any atom is 0.412 e. The van der Waals surface area contributed by atoms with Crippen LogP contribution in [0.2, 0.25) is 0 Å². The van der Waals surface area contributed by atoms with Crippen molar-refractivity contribution in [3.05, 3.63) is 75.1 Å². The Morgan fingerprint density at radius 1 is 0.927 bits per heavy atom. The second-order valence-corrected chi connectivity index (χ2v) is 10.8. The number of carbonyl (C=O) groups is 2. The number of nitrogens with zero attached hydrogens (tertiary/aromatic N) is 1. The predicted molar refractivity (Wildman–Crippen MR) is 159 cm³/mol. The monoisotopic (exact) mass is 624 g/mol. The van der Waals surface area contributed by atoms with Gasteiger partial charge in [-0.1, -0.05) is 0 Å². The van der Waals surface area contributed by atoms with Gasteiger partial charge in [-0.25, -0.2) is 9.59 Å². The van der Waals surface area contributed by atoms with Gasteiger partial charge in [0.1, 0.15) is 17.0 Å². The van der Waals surface area contributed by atoms with Crippen LogP contribution < -0.4 is 20.3 Å². The van der Waals surface area contributed by atoms with Crippen molar-refractivity contribution in [2.45, 2.75) is 26.4 Å². The van der Waals surface area contributed by atoms with E-state index in [1.165, 1.54) is 38.0 Å². The quantitative estimate of drug-likeness (QED) is 0.240. The summed E-state index contributed by atoms with van der Waals surface area (Å²) in [5.74, 6) is -0.0635. The molecule has 1 heterocycles. The zero-order valence-electron chi connectivity index (χ0n) is 23.3. The number of halogens is 1. The second kappa shape index (κ2) is 11.5. The number of amides is 1. The number of carbonyl (C=O) groups excluding carboxylic acids is 2. The fourth-order valence-electron chi connectivity index (χ4n) is 4.39. The number of anilines is 1. The minimum absolute atomic E-state index is 0.0531. The van der Waals surface area contributed by atoms with Gasteiger partial charge in [-0.3, -0.25) is 14.7 Å². The molecule has 214 valence electrons. The summed E-state index contributed by atoms with van der Waals surface area (Å²) < 4.78 is 23.2. The Bertz CT molecular complexity index is 1710. The third kappa shape index (κ3) is 5.99. The van der Waals surface area contributed by atoms with Gasteiger partial charge in [-0.15, -0.1) is 0 Å². The maximum absolute atomic E-state index is 13.9. The standard InChI is InChI=1S/C30H29BrN2O8/c1-30(2,3)41-29(37)32-17-7-9-18(10-8-17)33-25(28(36)40-6)24(20-12-11-19(34)15-21(20)27(33)35)16-13-22(31)26(39-5)23(14-16)38-4/h7-15,34H,1-6H3,(H,32,37). The number of rotatable bonds is 6. The summed E-state index contributed by atoms with van der Waals surface area (Å²) in [6.45, 7) is 5.26. The number of esters is 1. The second-order valence-electron chi connectivity index (χ2n) is 9.95. The van der Waals surface area contributed by atoms with Crippen molar-refractivity contribution in [2.24, 2.45) is 0 Å². The zero-order valence-corrected chi connectivity index (χ0v) is 24.9. The summed E-state index contributed by atoms with van der Waals surface area (Å²) in [5.41, 5.74) is 0.315. The lowest BCUT2D eigenvalue weighted by Gasteiger charge is -2.21. The normalized spacial score (nSPS) is 11.2. The lowest BCUT2D eigenvalue weighted by Crippen LogP contribution is -2.27. The molecule has 4 rings (SSSR count). The van der Waals surface area contributed by atoms with Crippen LogP contribution in [0, 0.1) is 0 Å². The van der Waals surface area contributed by atoms with Crippen LogP contribution in [0.15, 0.2) is 63.9 Å². The molecule has 4 aromatic rings. The summed E-state index contributed by atoms with van der Waals surface area (Å²) in [4.78, 5) is 39.5. The van der Waals surface area contributed by atoms with E-state index < -0.39 is 23.2 Å². The van der Waals surface area contributed by atoms with Crippen LogP contribution in [0.4, 0.5) is 10.5 Å². The van der Waals surface area contributed by atoms with Crippen LogP contribution in [0.3, 0.4) is 0 Å². The Morgan fingerprint density at radius 2 is 1.61 bits per heavy atom. The highest BCUT2D eigenvalue weighted by atomic mass is 79.9. The van der Waals surface area contributed by atoms with Gasteiger partial charge in [0.15, 0.2) is 11.5 Å². The van der Waals surface area contributed by atoms with Crippen LogP contribution in [-0.4, -0.2) is 48.7 Å². The minimum Gasteiger partial charge on any atom is -0.508 e. The van der Waals surface area contributed by atoms with Gasteiger partial charge in [-0.05, 0) is 102 Å². The first kappa shape index (κ1) is 29.5. The molecule has 2 N–H and O–H groups in total. The molecule has 0 spiro atoms. The maximum atomic E-state index is 13.9. The first-order valence-corrected chi connectivity index (χ1v) is 13.2. The Kier molecular flexibility index (Phi) is 8.29. The van der Waals surface area contributed by atoms with Gasteiger partial charge < -0.3 is 24.1 Å². The van der Waals surface area contributed by atoms with E-state index in [1.54, 1.807) is 63.2 Å². The summed E-state index contributed by atoms with van der Waals surface area (Å²) in [7, 11) is 4.21. The topological polar surface area (TPSA) is 125 Å². The molecule has 1 aromatic heterocycles. The van der Waals surface area contributed by atoms with Crippen molar-refractivity contribution in [1.29, 1.82) is 0 Å². The number of nitrogens with one attached hydrogen (secondary N) is 1. The van der Waals surface area contributed by atoms with Crippen LogP contribution in [0.1, 0.15) is 31.3 Å². The van der Waals surface area contributed by atoms with E-state index in [-0.39, 0.29) is 16.8 Å². The summed E-state index contributed by atoms with van der Waals surface area (Å²) in [6, 6.07) is 14.1. The van der Waals surface area contributed by atoms with Crippen LogP contribution in [0.25, 0.3) is 27.6 Å². The third-order valence-corrected chi connectivity index (χ3v) is 6.63. The van der Waals surface area contributed by atoms with Gasteiger partial charge in [0.05, 0.1) is 31.2 Å². The molecular weight excluding hydrogens is 596 g/mol. The molecule has 3 aromatic carbocycles. The van der Waals surface area contributed by atoms with Crippen molar-refractivity contribution < 1.29 is 33.6 Å². The molecule has 0 radical (unpaired) electrons. The van der Waals surface area contributed by atoms with Crippen molar-refractivity contribution in [3.63, 3.8) is 0 Å². The van der Waals surface area contributed by atoms with Crippen LogP contribution in [-0.2, 0) is 9.47 Å². The first-order chi connectivity index (χ1) is 19.4. The summed E-state index contributed by atoms with van der Waals surface area (Å²) in [6.07, 6.45) is -0.639. The molecule has 0 saturated carbocycles. The Hall–Kier alpha value is -4.51. The number of phenolic OH excluding ortho intramolecular Hbond substituents is 1. The van der Waals surface area contributed by atoms with E-state index in [0.717, 1.165) is 0 Å². The van der Waals surface area contributed by atoms with Gasteiger partial charge in [0.25, 0.3) is 5.56 Å². The number of benzene rings is 3. The lowest BCUT2D eigenvalue weighted by atomic mass is 9.95. The number of methoxy groups -OCH3 is 3. The van der Waals surface area contributed by atoms with Crippen LogP contribution >= 0.6 is 15.9 Å². The molecular formula is C30H29BrN2O8. The molecule has 0 saturated heterocycles. The first-order valence-electron chi connectivity index (χ1n) is 12.4. The molecule has 0 aliphatic heterocycles. The van der Waals surface area contributed by atoms with Crippen molar-refractivity contribution in [2.75, 3.05) is 26.6 Å². The third-order valence-electron chi connectivity index (χ3n) is 6.04. The minimum atomic E-state index is -0.770. The molecule has 10 nitrogen and oxygen atoms in total. The van der Waals surface area contributed by atoms with Gasteiger partial charge in [0.2, 0.25) is 0 Å². The van der Waals surface area contributed by atoms with Gasteiger partial charge in [-0.2, -0.15) is 0 Å². The lowest BCUT2D eigenvalue weighted by molar-refractivity contribution is 0.0589. The molecule has 0 aliphatic carbocycles. The molecule has 1 amide bonds. The average molecular weight is 625 g/mol. The van der Waals surface area contributed by atoms with E-state index in [4.69, 9.17) is 18.9 Å². The number of phenols is 1. The van der Waals surface area contributed by atoms with Crippen molar-refractivity contribution in [1.82, 2.24) is 4.57 Å². The van der Waals surface area contributed by atoms with E-state index >= 15 is 0 Å². The Balaban J connectivity index is 2.01. The van der Waals surface area contributed by atoms with Gasteiger partial charge >= 0.3 is 12.1 Å². The predicted octanol–water partition coefficient (Wildman–Crippen LogP) is 6.28. The molecule has 0 bridgehead atoms. The number of hydrogen-bond acceptors (Lipinski definition) is 8. The molecule has 0 atom stereocenters. The molecule has 0 unspecified atom stereocenters. The fraction of sp³-hybridized carbons (Fsp3) is 0.233. The number of pyridine rings is 1. The SMILES string of the molecule is COC(=O)c1c(-c2cc(Br)c(OC)c(OC)c2)c2ccc(O)cc2c(=O)n1-c1ccc(NC(=O)OC(C)(C)C)cc1. The van der Waals surface area contributed by atoms with E-state index in [0.29, 0.717) is 43.9 Å². The zero-order chi connectivity index (χ0) is 30.1. The largest absolute Gasteiger partial charge is 0.508 e. The van der Waals surface area contributed by atoms with Crippen molar-refractivity contribution >= 4 is 44.5 Å². The number of fused-ring (bicyclic) bond motifs is 1. The highest BCUT2D eigenvalue weighted by Crippen LogP contribution is 2.42. The molecule has 0 fully saturated rings.